The zero-order valence-corrected chi connectivity index (χ0v) is 22.6. The van der Waals surface area contributed by atoms with E-state index in [0.717, 1.165) is 12.1 Å². The maximum absolute atomic E-state index is 14.6. The molecule has 0 bridgehead atoms. The third kappa shape index (κ3) is 5.18. The highest BCUT2D eigenvalue weighted by Crippen LogP contribution is 2.51. The predicted octanol–water partition coefficient (Wildman–Crippen LogP) is 6.75. The van der Waals surface area contributed by atoms with Gasteiger partial charge in [-0.1, -0.05) is 54.4 Å². The van der Waals surface area contributed by atoms with E-state index in [1.165, 1.54) is 49.2 Å². The van der Waals surface area contributed by atoms with E-state index < -0.39 is 35.1 Å². The zero-order chi connectivity index (χ0) is 28.7. The maximum Gasteiger partial charge on any atom is 0.422 e. The number of alkyl halides is 3. The average molecular weight is 582 g/mol. The minimum absolute atomic E-state index is 0.0242. The molecule has 2 atom stereocenters. The number of benzene rings is 3. The first-order chi connectivity index (χ1) is 18.3. The minimum Gasteiger partial charge on any atom is -0.482 e. The molecule has 1 aliphatic rings. The summed E-state index contributed by atoms with van der Waals surface area (Å²) in [5.74, 6) is -2.37. The Morgan fingerprint density at radius 1 is 1.08 bits per heavy atom. The van der Waals surface area contributed by atoms with E-state index >= 15 is 0 Å². The molecule has 0 saturated heterocycles. The first-order valence-electron chi connectivity index (χ1n) is 11.9. The second-order valence-electron chi connectivity index (χ2n) is 9.06. The van der Waals surface area contributed by atoms with Gasteiger partial charge in [0.1, 0.15) is 5.75 Å². The minimum atomic E-state index is -5.11. The van der Waals surface area contributed by atoms with Crippen molar-refractivity contribution < 1.29 is 37.3 Å². The summed E-state index contributed by atoms with van der Waals surface area (Å²) in [4.78, 5) is 25.5. The van der Waals surface area contributed by atoms with Gasteiger partial charge in [0.2, 0.25) is 0 Å². The van der Waals surface area contributed by atoms with Crippen LogP contribution < -0.4 is 9.64 Å². The molecule has 1 aliphatic heterocycles. The smallest absolute Gasteiger partial charge is 0.422 e. The fourth-order valence-electron chi connectivity index (χ4n) is 4.52. The molecule has 11 heteroatoms. The van der Waals surface area contributed by atoms with E-state index in [2.05, 4.69) is 0 Å². The molecule has 2 unspecified atom stereocenters. The van der Waals surface area contributed by atoms with Crippen LogP contribution in [-0.4, -0.2) is 43.4 Å². The van der Waals surface area contributed by atoms with E-state index in [1.807, 2.05) is 0 Å². The van der Waals surface area contributed by atoms with Crippen molar-refractivity contribution in [3.8, 4) is 16.9 Å². The number of ether oxygens (including phenoxy) is 2. The van der Waals surface area contributed by atoms with Crippen LogP contribution in [0.4, 0.5) is 18.9 Å². The van der Waals surface area contributed by atoms with Crippen molar-refractivity contribution in [1.82, 2.24) is 0 Å². The molecule has 0 fully saturated rings. The van der Waals surface area contributed by atoms with Gasteiger partial charge in [0.05, 0.1) is 22.9 Å². The first kappa shape index (κ1) is 28.7. The molecular weight excluding hydrogens is 558 g/mol. The molecular formula is C28H24Cl2F3NO5. The average Bonchev–Trinajstić information content (AvgIpc) is 2.89. The molecule has 1 amide bonds. The quantitative estimate of drug-likeness (QED) is 0.326. The molecule has 0 saturated carbocycles. The normalized spacial score (nSPS) is 15.7. The van der Waals surface area contributed by atoms with Crippen LogP contribution in [0.5, 0.6) is 5.75 Å². The molecule has 6 nitrogen and oxygen atoms in total. The van der Waals surface area contributed by atoms with Crippen LogP contribution in [-0.2, 0) is 15.1 Å². The van der Waals surface area contributed by atoms with Crippen LogP contribution in [0.25, 0.3) is 11.1 Å². The van der Waals surface area contributed by atoms with Crippen LogP contribution in [0.15, 0.2) is 54.6 Å². The third-order valence-electron chi connectivity index (χ3n) is 6.81. The number of likely N-dealkylation sites (N-methyl/N-ethyl adjacent to an activating group) is 1. The lowest BCUT2D eigenvalue weighted by Gasteiger charge is -2.38. The van der Waals surface area contributed by atoms with Crippen molar-refractivity contribution in [2.75, 3.05) is 25.2 Å². The Bertz CT molecular complexity index is 1450. The van der Waals surface area contributed by atoms with Gasteiger partial charge in [-0.15, -0.1) is 0 Å². The topological polar surface area (TPSA) is 76.1 Å². The standard InChI is InChI=1S/C28H24Cl2F3NO5/c1-4-38-26(36)20-11-16(6-9-21(20)29)17-5-8-19(22(30)12-17)15(2)27(37,28(31,32)33)18-7-10-24-23(13-18)34(3)25(35)14-39-24/h5-13,15,37H,4,14H2,1-3H3. The van der Waals surface area contributed by atoms with Gasteiger partial charge in [0, 0.05) is 18.0 Å². The van der Waals surface area contributed by atoms with Crippen molar-refractivity contribution in [3.63, 3.8) is 0 Å². The molecule has 0 spiro atoms. The Balaban J connectivity index is 1.75. The summed E-state index contributed by atoms with van der Waals surface area (Å²) in [6.45, 7) is 2.80. The summed E-state index contributed by atoms with van der Waals surface area (Å²) in [5, 5.41) is 11.5. The Morgan fingerprint density at radius 3 is 2.38 bits per heavy atom. The molecule has 0 aromatic heterocycles. The number of carbonyl (C=O) groups is 2. The first-order valence-corrected chi connectivity index (χ1v) is 12.6. The Morgan fingerprint density at radius 2 is 1.74 bits per heavy atom. The SMILES string of the molecule is CCOC(=O)c1cc(-c2ccc(C(C)C(O)(c3ccc4c(c3)N(C)C(=O)CO4)C(F)(F)F)c(Cl)c2)ccc1Cl. The van der Waals surface area contributed by atoms with Crippen molar-refractivity contribution in [3.05, 3.63) is 81.3 Å². The zero-order valence-electron chi connectivity index (χ0n) is 21.1. The number of hydrogen-bond donors (Lipinski definition) is 1. The maximum atomic E-state index is 14.6. The predicted molar refractivity (Wildman–Crippen MR) is 142 cm³/mol. The Labute approximate surface area is 232 Å². The van der Waals surface area contributed by atoms with Crippen molar-refractivity contribution >= 4 is 40.8 Å². The molecule has 0 radical (unpaired) electrons. The van der Waals surface area contributed by atoms with Crippen LogP contribution in [0, 0.1) is 0 Å². The molecule has 4 rings (SSSR count). The highest BCUT2D eigenvalue weighted by molar-refractivity contribution is 6.33. The van der Waals surface area contributed by atoms with Crippen LogP contribution in [0.2, 0.25) is 10.0 Å². The lowest BCUT2D eigenvalue weighted by atomic mass is 9.77. The summed E-state index contributed by atoms with van der Waals surface area (Å²) in [5.41, 5.74) is -2.49. The monoisotopic (exact) mass is 581 g/mol. The number of hydrogen-bond acceptors (Lipinski definition) is 5. The summed E-state index contributed by atoms with van der Waals surface area (Å²) in [6, 6.07) is 12.6. The number of nitrogens with zero attached hydrogens (tertiary/aromatic N) is 1. The highest BCUT2D eigenvalue weighted by Gasteiger charge is 2.59. The fourth-order valence-corrected chi connectivity index (χ4v) is 5.06. The van der Waals surface area contributed by atoms with Gasteiger partial charge in [0.15, 0.2) is 12.2 Å². The third-order valence-corrected chi connectivity index (χ3v) is 7.46. The van der Waals surface area contributed by atoms with Gasteiger partial charge in [-0.3, -0.25) is 4.79 Å². The highest BCUT2D eigenvalue weighted by atomic mass is 35.5. The second kappa shape index (κ2) is 10.7. The number of rotatable bonds is 6. The lowest BCUT2D eigenvalue weighted by molar-refractivity contribution is -0.274. The molecule has 3 aromatic rings. The van der Waals surface area contributed by atoms with Crippen molar-refractivity contribution in [2.45, 2.75) is 31.5 Å². The van der Waals surface area contributed by atoms with Gasteiger partial charge in [-0.2, -0.15) is 13.2 Å². The van der Waals surface area contributed by atoms with E-state index in [1.54, 1.807) is 19.1 Å². The van der Waals surface area contributed by atoms with Crippen LogP contribution >= 0.6 is 23.2 Å². The van der Waals surface area contributed by atoms with E-state index in [9.17, 15) is 27.9 Å². The molecule has 206 valence electrons. The van der Waals surface area contributed by atoms with Gasteiger partial charge in [-0.05, 0) is 59.5 Å². The Hall–Kier alpha value is -3.27. The van der Waals surface area contributed by atoms with Crippen LogP contribution in [0.1, 0.15) is 41.3 Å². The largest absolute Gasteiger partial charge is 0.482 e. The van der Waals surface area contributed by atoms with E-state index in [0.29, 0.717) is 11.1 Å². The molecule has 1 N–H and O–H groups in total. The van der Waals surface area contributed by atoms with E-state index in [4.69, 9.17) is 32.7 Å². The number of fused-ring (bicyclic) bond motifs is 1. The Kier molecular flexibility index (Phi) is 7.89. The number of anilines is 1. The number of halogens is 5. The van der Waals surface area contributed by atoms with Crippen molar-refractivity contribution in [2.24, 2.45) is 0 Å². The van der Waals surface area contributed by atoms with Gasteiger partial charge < -0.3 is 19.5 Å². The lowest BCUT2D eigenvalue weighted by Crippen LogP contribution is -2.47. The molecule has 3 aromatic carbocycles. The summed E-state index contributed by atoms with van der Waals surface area (Å²) >= 11 is 12.6. The summed E-state index contributed by atoms with van der Waals surface area (Å²) < 4.78 is 54.0. The molecule has 1 heterocycles. The summed E-state index contributed by atoms with van der Waals surface area (Å²) in [6.07, 6.45) is -5.11. The van der Waals surface area contributed by atoms with Gasteiger partial charge >= 0.3 is 12.1 Å². The number of esters is 1. The molecule has 0 aliphatic carbocycles. The number of carbonyl (C=O) groups excluding carboxylic acids is 2. The van der Waals surface area contributed by atoms with Crippen LogP contribution in [0.3, 0.4) is 0 Å². The van der Waals surface area contributed by atoms with Gasteiger partial charge in [0.25, 0.3) is 5.91 Å². The van der Waals surface area contributed by atoms with E-state index in [-0.39, 0.29) is 45.8 Å². The molecule has 39 heavy (non-hydrogen) atoms. The number of aliphatic hydroxyl groups is 1. The number of amides is 1. The fraction of sp³-hybridized carbons (Fsp3) is 0.286. The summed E-state index contributed by atoms with van der Waals surface area (Å²) in [7, 11) is 1.42. The second-order valence-corrected chi connectivity index (χ2v) is 9.88. The van der Waals surface area contributed by atoms with Gasteiger partial charge in [-0.25, -0.2) is 4.79 Å². The van der Waals surface area contributed by atoms with Crippen molar-refractivity contribution in [1.29, 1.82) is 0 Å².